The number of carbonyl (C=O) groups excluding carboxylic acids is 1. The van der Waals surface area contributed by atoms with Crippen LogP contribution in [0.3, 0.4) is 0 Å². The highest BCUT2D eigenvalue weighted by molar-refractivity contribution is 7.99. The predicted molar refractivity (Wildman–Crippen MR) is 95.5 cm³/mol. The van der Waals surface area contributed by atoms with Crippen LogP contribution in [0.5, 0.6) is 11.5 Å². The monoisotopic (exact) mass is 331 g/mol. The van der Waals surface area contributed by atoms with Crippen LogP contribution in [0.1, 0.15) is 11.1 Å². The summed E-state index contributed by atoms with van der Waals surface area (Å²) in [6, 6.07) is 13.6. The molecule has 0 saturated heterocycles. The van der Waals surface area contributed by atoms with Crippen molar-refractivity contribution >= 4 is 23.4 Å². The van der Waals surface area contributed by atoms with Gasteiger partial charge in [-0.3, -0.25) is 4.79 Å². The maximum atomic E-state index is 12.1. The summed E-state index contributed by atoms with van der Waals surface area (Å²) in [4.78, 5) is 12.1. The molecule has 2 aromatic rings. The van der Waals surface area contributed by atoms with E-state index in [2.05, 4.69) is 30.4 Å². The van der Waals surface area contributed by atoms with Crippen LogP contribution >= 0.6 is 11.8 Å². The summed E-state index contributed by atoms with van der Waals surface area (Å²) < 4.78 is 10.4. The first-order chi connectivity index (χ1) is 11.1. The van der Waals surface area contributed by atoms with Crippen LogP contribution in [0.15, 0.2) is 42.5 Å². The summed E-state index contributed by atoms with van der Waals surface area (Å²) >= 11 is 1.59. The SMILES string of the molecule is COc1cc(NC(=O)CSCc2cccc(C)c2)cc(OC)c1. The molecule has 0 aromatic heterocycles. The van der Waals surface area contributed by atoms with Crippen molar-refractivity contribution in [3.05, 3.63) is 53.6 Å². The molecule has 0 aliphatic carbocycles. The minimum absolute atomic E-state index is 0.0436. The molecule has 0 aliphatic heterocycles. The van der Waals surface area contributed by atoms with Crippen LogP contribution in [0, 0.1) is 6.92 Å². The zero-order valence-corrected chi connectivity index (χ0v) is 14.4. The van der Waals surface area contributed by atoms with Crippen molar-refractivity contribution in [2.45, 2.75) is 12.7 Å². The summed E-state index contributed by atoms with van der Waals surface area (Å²) in [5.41, 5.74) is 3.13. The first-order valence-corrected chi connectivity index (χ1v) is 8.42. The van der Waals surface area contributed by atoms with E-state index in [9.17, 15) is 4.79 Å². The Kier molecular flexibility index (Phi) is 6.35. The highest BCUT2D eigenvalue weighted by Crippen LogP contribution is 2.26. The second-order valence-electron chi connectivity index (χ2n) is 5.13. The molecular formula is C18H21NO3S. The molecule has 0 radical (unpaired) electrons. The minimum Gasteiger partial charge on any atom is -0.497 e. The number of ether oxygens (including phenoxy) is 2. The van der Waals surface area contributed by atoms with Gasteiger partial charge in [-0.15, -0.1) is 11.8 Å². The van der Waals surface area contributed by atoms with Crippen LogP contribution in [0.25, 0.3) is 0 Å². The van der Waals surface area contributed by atoms with Gasteiger partial charge in [0.05, 0.1) is 20.0 Å². The van der Waals surface area contributed by atoms with E-state index in [-0.39, 0.29) is 5.91 Å². The molecule has 2 aromatic carbocycles. The Morgan fingerprint density at radius 3 is 2.39 bits per heavy atom. The second-order valence-corrected chi connectivity index (χ2v) is 6.12. The summed E-state index contributed by atoms with van der Waals surface area (Å²) in [6.45, 7) is 2.07. The van der Waals surface area contributed by atoms with Crippen molar-refractivity contribution in [3.63, 3.8) is 0 Å². The van der Waals surface area contributed by atoms with Gasteiger partial charge in [-0.05, 0) is 12.5 Å². The van der Waals surface area contributed by atoms with E-state index in [1.165, 1.54) is 11.1 Å². The molecule has 0 aliphatic rings. The number of thioether (sulfide) groups is 1. The highest BCUT2D eigenvalue weighted by atomic mass is 32.2. The molecule has 1 N–H and O–H groups in total. The molecule has 0 spiro atoms. The molecule has 0 unspecified atom stereocenters. The molecular weight excluding hydrogens is 310 g/mol. The zero-order chi connectivity index (χ0) is 16.7. The van der Waals surface area contributed by atoms with Crippen molar-refractivity contribution in [1.82, 2.24) is 0 Å². The third-order valence-corrected chi connectivity index (χ3v) is 4.22. The number of hydrogen-bond acceptors (Lipinski definition) is 4. The average Bonchev–Trinajstić information content (AvgIpc) is 2.54. The quantitative estimate of drug-likeness (QED) is 0.836. The van der Waals surface area contributed by atoms with Gasteiger partial charge in [-0.25, -0.2) is 0 Å². The van der Waals surface area contributed by atoms with Crippen LogP contribution in [-0.4, -0.2) is 25.9 Å². The van der Waals surface area contributed by atoms with E-state index in [1.807, 2.05) is 6.07 Å². The molecule has 122 valence electrons. The summed E-state index contributed by atoms with van der Waals surface area (Å²) in [5, 5.41) is 2.87. The van der Waals surface area contributed by atoms with E-state index < -0.39 is 0 Å². The maximum absolute atomic E-state index is 12.1. The van der Waals surface area contributed by atoms with E-state index in [0.717, 1.165) is 5.75 Å². The standard InChI is InChI=1S/C18H21NO3S/c1-13-5-4-6-14(7-13)11-23-12-18(20)19-15-8-16(21-2)10-17(9-15)22-3/h4-10H,11-12H2,1-3H3,(H,19,20). The molecule has 4 nitrogen and oxygen atoms in total. The summed E-state index contributed by atoms with van der Waals surface area (Å²) in [5.74, 6) is 2.46. The molecule has 0 atom stereocenters. The van der Waals surface area contributed by atoms with E-state index in [4.69, 9.17) is 9.47 Å². The van der Waals surface area contributed by atoms with Crippen molar-refractivity contribution in [2.24, 2.45) is 0 Å². The minimum atomic E-state index is -0.0436. The molecule has 0 heterocycles. The molecule has 0 fully saturated rings. The van der Waals surface area contributed by atoms with Gasteiger partial charge in [-0.1, -0.05) is 29.8 Å². The Morgan fingerprint density at radius 1 is 1.09 bits per heavy atom. The molecule has 5 heteroatoms. The number of hydrogen-bond donors (Lipinski definition) is 1. The smallest absolute Gasteiger partial charge is 0.234 e. The highest BCUT2D eigenvalue weighted by Gasteiger charge is 2.06. The van der Waals surface area contributed by atoms with Gasteiger partial charge in [0.1, 0.15) is 11.5 Å². The Hall–Kier alpha value is -2.14. The Balaban J connectivity index is 1.87. The number of aryl methyl sites for hydroxylation is 1. The lowest BCUT2D eigenvalue weighted by Crippen LogP contribution is -2.14. The summed E-state index contributed by atoms with van der Waals surface area (Å²) in [6.07, 6.45) is 0. The van der Waals surface area contributed by atoms with Gasteiger partial charge in [0.15, 0.2) is 0 Å². The first kappa shape index (κ1) is 17.2. The lowest BCUT2D eigenvalue weighted by molar-refractivity contribution is -0.113. The van der Waals surface area contributed by atoms with Gasteiger partial charge >= 0.3 is 0 Å². The predicted octanol–water partition coefficient (Wildman–Crippen LogP) is 3.88. The number of benzene rings is 2. The molecule has 2 rings (SSSR count). The number of carbonyl (C=O) groups is 1. The van der Waals surface area contributed by atoms with Crippen molar-refractivity contribution < 1.29 is 14.3 Å². The van der Waals surface area contributed by atoms with E-state index in [0.29, 0.717) is 22.9 Å². The van der Waals surface area contributed by atoms with Crippen LogP contribution < -0.4 is 14.8 Å². The Labute approximate surface area is 141 Å². The van der Waals surface area contributed by atoms with Gasteiger partial charge in [0, 0.05) is 29.6 Å². The zero-order valence-electron chi connectivity index (χ0n) is 13.6. The Morgan fingerprint density at radius 2 is 1.78 bits per heavy atom. The van der Waals surface area contributed by atoms with Gasteiger partial charge in [0.2, 0.25) is 5.91 Å². The third kappa shape index (κ3) is 5.53. The average molecular weight is 331 g/mol. The maximum Gasteiger partial charge on any atom is 0.234 e. The second kappa shape index (κ2) is 8.48. The number of amides is 1. The fourth-order valence-electron chi connectivity index (χ4n) is 2.14. The van der Waals surface area contributed by atoms with Crippen molar-refractivity contribution in [2.75, 3.05) is 25.3 Å². The van der Waals surface area contributed by atoms with E-state index >= 15 is 0 Å². The first-order valence-electron chi connectivity index (χ1n) is 7.27. The topological polar surface area (TPSA) is 47.6 Å². The lowest BCUT2D eigenvalue weighted by atomic mass is 10.2. The fourth-order valence-corrected chi connectivity index (χ4v) is 2.92. The molecule has 1 amide bonds. The molecule has 0 bridgehead atoms. The fraction of sp³-hybridized carbons (Fsp3) is 0.278. The number of nitrogens with one attached hydrogen (secondary N) is 1. The van der Waals surface area contributed by atoms with Crippen molar-refractivity contribution in [3.8, 4) is 11.5 Å². The number of rotatable bonds is 7. The third-order valence-electron chi connectivity index (χ3n) is 3.22. The van der Waals surface area contributed by atoms with E-state index in [1.54, 1.807) is 44.2 Å². The van der Waals surface area contributed by atoms with Gasteiger partial charge in [0.25, 0.3) is 0 Å². The van der Waals surface area contributed by atoms with Crippen LogP contribution in [0.2, 0.25) is 0 Å². The number of anilines is 1. The van der Waals surface area contributed by atoms with Crippen LogP contribution in [-0.2, 0) is 10.5 Å². The summed E-state index contributed by atoms with van der Waals surface area (Å²) in [7, 11) is 3.16. The molecule has 23 heavy (non-hydrogen) atoms. The lowest BCUT2D eigenvalue weighted by Gasteiger charge is -2.10. The van der Waals surface area contributed by atoms with Gasteiger partial charge in [-0.2, -0.15) is 0 Å². The normalized spacial score (nSPS) is 10.2. The van der Waals surface area contributed by atoms with Crippen molar-refractivity contribution in [1.29, 1.82) is 0 Å². The number of methoxy groups -OCH3 is 2. The van der Waals surface area contributed by atoms with Gasteiger partial charge < -0.3 is 14.8 Å². The largest absolute Gasteiger partial charge is 0.497 e. The molecule has 0 saturated carbocycles. The Bertz CT molecular complexity index is 651. The van der Waals surface area contributed by atoms with Crippen LogP contribution in [0.4, 0.5) is 5.69 Å².